The fraction of sp³-hybridized carbons (Fsp3) is 0. The number of nitrogens with zero attached hydrogens (tertiary/aromatic N) is 3. The number of hydrogen-bond donors (Lipinski definition) is 2. The molecule has 3 aromatic heterocycles. The lowest BCUT2D eigenvalue weighted by Gasteiger charge is -1.83. The predicted molar refractivity (Wildman–Crippen MR) is 41.4 cm³/mol. The van der Waals surface area contributed by atoms with Gasteiger partial charge >= 0.3 is 0 Å². The van der Waals surface area contributed by atoms with Crippen LogP contribution in [0.4, 0.5) is 0 Å². The van der Waals surface area contributed by atoms with Crippen LogP contribution < -0.4 is 4.40 Å². The van der Waals surface area contributed by atoms with Gasteiger partial charge in [0.1, 0.15) is 6.20 Å². The van der Waals surface area contributed by atoms with Crippen molar-refractivity contribution < 1.29 is 4.40 Å². The highest BCUT2D eigenvalue weighted by Crippen LogP contribution is 2.06. The Morgan fingerprint density at radius 2 is 2.25 bits per heavy atom. The van der Waals surface area contributed by atoms with E-state index in [4.69, 9.17) is 0 Å². The van der Waals surface area contributed by atoms with Crippen molar-refractivity contribution in [2.45, 2.75) is 0 Å². The van der Waals surface area contributed by atoms with Gasteiger partial charge in [0.15, 0.2) is 5.52 Å². The van der Waals surface area contributed by atoms with E-state index in [0.717, 1.165) is 16.8 Å². The lowest BCUT2D eigenvalue weighted by molar-refractivity contribution is -0.512. The summed E-state index contributed by atoms with van der Waals surface area (Å²) in [5.41, 5.74) is 2.65. The third kappa shape index (κ3) is 0.554. The highest BCUT2D eigenvalue weighted by molar-refractivity contribution is 5.81. The number of H-pyrrole nitrogens is 2. The Hall–Kier alpha value is -1.91. The maximum atomic E-state index is 4.14. The number of nitrogens with one attached hydrogen (secondary N) is 2. The van der Waals surface area contributed by atoms with Crippen LogP contribution in [0.3, 0.4) is 0 Å². The minimum Gasteiger partial charge on any atom is -0.336 e. The third-order valence-electron chi connectivity index (χ3n) is 1.87. The molecule has 0 atom stereocenters. The molecule has 5 heteroatoms. The summed E-state index contributed by atoms with van der Waals surface area (Å²) in [6.07, 6.45) is 7.13. The Kier molecular flexibility index (Phi) is 0.864. The van der Waals surface area contributed by atoms with Crippen molar-refractivity contribution in [1.29, 1.82) is 0 Å². The van der Waals surface area contributed by atoms with Crippen molar-refractivity contribution in [1.82, 2.24) is 19.9 Å². The van der Waals surface area contributed by atoms with Crippen LogP contribution in [0, 0.1) is 0 Å². The Morgan fingerprint density at radius 3 is 3.25 bits per heavy atom. The van der Waals surface area contributed by atoms with Gasteiger partial charge < -0.3 is 4.98 Å². The van der Waals surface area contributed by atoms with Crippen LogP contribution in [0.1, 0.15) is 0 Å². The van der Waals surface area contributed by atoms with Crippen molar-refractivity contribution in [3.8, 4) is 0 Å². The van der Waals surface area contributed by atoms with Crippen molar-refractivity contribution in [2.24, 2.45) is 0 Å². The SMILES string of the molecule is c1nc2nc[n+]3cc[nH]c3c2[nH]1. The molecule has 12 heavy (non-hydrogen) atoms. The number of hydrogen-bond acceptors (Lipinski definition) is 2. The molecule has 3 rings (SSSR count). The van der Waals surface area contributed by atoms with Crippen LogP contribution in [0.25, 0.3) is 16.8 Å². The van der Waals surface area contributed by atoms with Gasteiger partial charge in [-0.15, -0.1) is 0 Å². The Balaban J connectivity index is 2.71. The number of aromatic nitrogens is 5. The standard InChI is InChI=1S/C7H5N5/c1-2-12-4-11-6-5(7(12)8-1)9-3-10-6/h1-4H,(H,8,9,10)/p+1. The van der Waals surface area contributed by atoms with E-state index >= 15 is 0 Å². The molecule has 0 bridgehead atoms. The smallest absolute Gasteiger partial charge is 0.260 e. The van der Waals surface area contributed by atoms with Crippen LogP contribution in [-0.2, 0) is 0 Å². The fourth-order valence-electron chi connectivity index (χ4n) is 1.32. The topological polar surface area (TPSA) is 61.5 Å². The van der Waals surface area contributed by atoms with Gasteiger partial charge in [0.2, 0.25) is 6.33 Å². The lowest BCUT2D eigenvalue weighted by Crippen LogP contribution is -2.18. The van der Waals surface area contributed by atoms with Gasteiger partial charge in [-0.25, -0.2) is 9.38 Å². The summed E-state index contributed by atoms with van der Waals surface area (Å²) in [4.78, 5) is 14.3. The maximum absolute atomic E-state index is 4.14. The molecule has 0 saturated heterocycles. The quantitative estimate of drug-likeness (QED) is 0.455. The van der Waals surface area contributed by atoms with Gasteiger partial charge in [-0.1, -0.05) is 4.98 Å². The van der Waals surface area contributed by atoms with Gasteiger partial charge in [-0.2, -0.15) is 0 Å². The molecule has 0 spiro atoms. The van der Waals surface area contributed by atoms with Gasteiger partial charge in [-0.3, -0.25) is 4.98 Å². The molecule has 58 valence electrons. The van der Waals surface area contributed by atoms with Crippen molar-refractivity contribution in [3.05, 3.63) is 25.0 Å². The molecule has 0 aromatic carbocycles. The molecule has 2 N–H and O–H groups in total. The number of aromatic amines is 2. The van der Waals surface area contributed by atoms with E-state index in [9.17, 15) is 0 Å². The van der Waals surface area contributed by atoms with Crippen LogP contribution >= 0.6 is 0 Å². The summed E-state index contributed by atoms with van der Waals surface area (Å²) >= 11 is 0. The second kappa shape index (κ2) is 1.82. The first-order valence-electron chi connectivity index (χ1n) is 3.61. The second-order valence-corrected chi connectivity index (χ2v) is 2.56. The van der Waals surface area contributed by atoms with Gasteiger partial charge in [0.05, 0.1) is 12.5 Å². The molecule has 0 fully saturated rings. The third-order valence-corrected chi connectivity index (χ3v) is 1.87. The molecular formula is C7H6N5+. The van der Waals surface area contributed by atoms with Crippen molar-refractivity contribution in [2.75, 3.05) is 0 Å². The molecule has 0 radical (unpaired) electrons. The summed E-state index contributed by atoms with van der Waals surface area (Å²) in [5.74, 6) is 0. The molecule has 3 aromatic rings. The molecule has 0 amide bonds. The van der Waals surface area contributed by atoms with E-state index in [1.807, 2.05) is 16.8 Å². The van der Waals surface area contributed by atoms with Gasteiger partial charge in [-0.05, 0) is 0 Å². The van der Waals surface area contributed by atoms with Gasteiger partial charge in [0.25, 0.3) is 11.3 Å². The monoisotopic (exact) mass is 160 g/mol. The maximum Gasteiger partial charge on any atom is 0.260 e. The molecule has 0 aliphatic carbocycles. The largest absolute Gasteiger partial charge is 0.336 e. The van der Waals surface area contributed by atoms with E-state index in [0.29, 0.717) is 0 Å². The van der Waals surface area contributed by atoms with Crippen molar-refractivity contribution in [3.63, 3.8) is 0 Å². The average molecular weight is 160 g/mol. The van der Waals surface area contributed by atoms with E-state index in [1.54, 1.807) is 12.7 Å². The Labute approximate surface area is 67.1 Å². The normalized spacial score (nSPS) is 11.3. The first kappa shape index (κ1) is 5.70. The number of rotatable bonds is 0. The van der Waals surface area contributed by atoms with E-state index in [-0.39, 0.29) is 0 Å². The zero-order valence-corrected chi connectivity index (χ0v) is 6.15. The van der Waals surface area contributed by atoms with Crippen LogP contribution in [0.2, 0.25) is 0 Å². The minimum absolute atomic E-state index is 0.734. The molecule has 0 unspecified atom stereocenters. The van der Waals surface area contributed by atoms with Gasteiger partial charge in [0, 0.05) is 0 Å². The summed E-state index contributed by atoms with van der Waals surface area (Å²) in [5, 5.41) is 0. The zero-order chi connectivity index (χ0) is 7.97. The van der Waals surface area contributed by atoms with Crippen LogP contribution in [0.5, 0.6) is 0 Å². The molecule has 0 aliphatic rings. The molecule has 0 saturated carbocycles. The fourth-order valence-corrected chi connectivity index (χ4v) is 1.32. The Morgan fingerprint density at radius 1 is 1.25 bits per heavy atom. The summed E-state index contributed by atoms with van der Waals surface area (Å²) in [7, 11) is 0. The summed E-state index contributed by atoms with van der Waals surface area (Å²) in [6, 6.07) is 0. The first-order chi connectivity index (χ1) is 5.95. The second-order valence-electron chi connectivity index (χ2n) is 2.56. The Bertz CT molecular complexity index is 485. The number of fused-ring (bicyclic) bond motifs is 3. The first-order valence-corrected chi connectivity index (χ1v) is 3.61. The minimum atomic E-state index is 0.734. The average Bonchev–Trinajstić information content (AvgIpc) is 2.71. The molecular weight excluding hydrogens is 154 g/mol. The zero-order valence-electron chi connectivity index (χ0n) is 6.15. The summed E-state index contributed by atoms with van der Waals surface area (Å²) in [6.45, 7) is 0. The predicted octanol–water partition coefficient (Wildman–Crippen LogP) is 0.0247. The van der Waals surface area contributed by atoms with Crippen LogP contribution in [0.15, 0.2) is 25.0 Å². The van der Waals surface area contributed by atoms with E-state index < -0.39 is 0 Å². The van der Waals surface area contributed by atoms with E-state index in [1.165, 1.54) is 0 Å². The highest BCUT2D eigenvalue weighted by atomic mass is 15.1. The number of imidazole rings is 2. The molecule has 0 aliphatic heterocycles. The van der Waals surface area contributed by atoms with Crippen LogP contribution in [-0.4, -0.2) is 19.9 Å². The van der Waals surface area contributed by atoms with E-state index in [2.05, 4.69) is 19.9 Å². The molecule has 5 nitrogen and oxygen atoms in total. The molecule has 3 heterocycles. The lowest BCUT2D eigenvalue weighted by atomic mass is 10.5. The highest BCUT2D eigenvalue weighted by Gasteiger charge is 2.09. The van der Waals surface area contributed by atoms with Crippen molar-refractivity contribution >= 4 is 16.8 Å². The summed E-state index contributed by atoms with van der Waals surface area (Å²) < 4.78 is 1.90.